The summed E-state index contributed by atoms with van der Waals surface area (Å²) in [5.74, 6) is -0.368. The maximum absolute atomic E-state index is 12.9. The number of carbonyl (C=O) groups is 1. The van der Waals surface area contributed by atoms with Crippen LogP contribution >= 0.6 is 23.2 Å². The maximum Gasteiger partial charge on any atom is 0.494 e. The molecule has 150 valence electrons. The Morgan fingerprint density at radius 3 is 2.28 bits per heavy atom. The number of nitrogen functional groups attached to an aromatic ring is 1. The number of fused-ring (bicyclic) bond motifs is 1. The number of furan rings is 1. The van der Waals surface area contributed by atoms with E-state index in [1.54, 1.807) is 24.3 Å². The third kappa shape index (κ3) is 3.34. The predicted octanol–water partition coefficient (Wildman–Crippen LogP) is 4.85. The van der Waals surface area contributed by atoms with Gasteiger partial charge < -0.3 is 19.5 Å². The Balaban J connectivity index is 1.72. The number of anilines is 1. The number of carbonyl (C=O) groups excluding carboxylic acids is 1. The molecule has 1 aliphatic rings. The lowest BCUT2D eigenvalue weighted by molar-refractivity contribution is 0.00578. The van der Waals surface area contributed by atoms with Crippen LogP contribution in [0.5, 0.6) is 0 Å². The third-order valence-corrected chi connectivity index (χ3v) is 6.21. The first-order chi connectivity index (χ1) is 13.5. The van der Waals surface area contributed by atoms with Crippen molar-refractivity contribution in [3.8, 4) is 0 Å². The monoisotopic (exact) mass is 431 g/mol. The van der Waals surface area contributed by atoms with Gasteiger partial charge >= 0.3 is 7.12 Å². The van der Waals surface area contributed by atoms with Gasteiger partial charge in [0.05, 0.1) is 21.9 Å². The molecule has 1 aromatic heterocycles. The van der Waals surface area contributed by atoms with Gasteiger partial charge in [0, 0.05) is 16.0 Å². The summed E-state index contributed by atoms with van der Waals surface area (Å²) in [6, 6.07) is 10.1. The highest BCUT2D eigenvalue weighted by molar-refractivity contribution is 6.62. The normalized spacial score (nSPS) is 17.8. The lowest BCUT2D eigenvalue weighted by atomic mass is 9.79. The first kappa shape index (κ1) is 20.3. The summed E-state index contributed by atoms with van der Waals surface area (Å²) in [6.07, 6.45) is 0. The molecule has 0 spiro atoms. The van der Waals surface area contributed by atoms with Crippen LogP contribution in [-0.2, 0) is 9.31 Å². The summed E-state index contributed by atoms with van der Waals surface area (Å²) in [4.78, 5) is 12.9. The van der Waals surface area contributed by atoms with E-state index < -0.39 is 24.1 Å². The molecule has 0 radical (unpaired) electrons. The highest BCUT2D eigenvalue weighted by Gasteiger charge is 2.51. The minimum Gasteiger partial charge on any atom is -0.450 e. The lowest BCUT2D eigenvalue weighted by Crippen LogP contribution is -2.41. The molecule has 8 heteroatoms. The van der Waals surface area contributed by atoms with E-state index in [9.17, 15) is 4.79 Å². The van der Waals surface area contributed by atoms with E-state index in [0.717, 1.165) is 5.46 Å². The zero-order valence-corrected chi connectivity index (χ0v) is 18.0. The summed E-state index contributed by atoms with van der Waals surface area (Å²) in [6.45, 7) is 7.96. The van der Waals surface area contributed by atoms with Gasteiger partial charge in [-0.05, 0) is 63.5 Å². The molecule has 2 heterocycles. The van der Waals surface area contributed by atoms with E-state index in [2.05, 4.69) is 0 Å². The fourth-order valence-electron chi connectivity index (χ4n) is 3.22. The van der Waals surface area contributed by atoms with Crippen LogP contribution in [0, 0.1) is 0 Å². The quantitative estimate of drug-likeness (QED) is 0.473. The topological polar surface area (TPSA) is 74.7 Å². The third-order valence-electron chi connectivity index (χ3n) is 5.66. The van der Waals surface area contributed by atoms with Gasteiger partial charge in [-0.2, -0.15) is 0 Å². The Hall–Kier alpha value is -1.99. The average molecular weight is 432 g/mol. The average Bonchev–Trinajstić information content (AvgIpc) is 3.07. The molecule has 1 aliphatic heterocycles. The van der Waals surface area contributed by atoms with Gasteiger partial charge in [0.15, 0.2) is 5.76 Å². The van der Waals surface area contributed by atoms with Crippen LogP contribution < -0.4 is 11.2 Å². The van der Waals surface area contributed by atoms with Crippen molar-refractivity contribution >= 4 is 58.2 Å². The Morgan fingerprint density at radius 1 is 1.00 bits per heavy atom. The van der Waals surface area contributed by atoms with Crippen molar-refractivity contribution in [2.45, 2.75) is 38.9 Å². The Kier molecular flexibility index (Phi) is 4.74. The summed E-state index contributed by atoms with van der Waals surface area (Å²) in [7, 11) is -0.541. The van der Waals surface area contributed by atoms with Crippen molar-refractivity contribution in [2.75, 3.05) is 5.73 Å². The summed E-state index contributed by atoms with van der Waals surface area (Å²) >= 11 is 12.1. The van der Waals surface area contributed by atoms with Gasteiger partial charge in [-0.1, -0.05) is 29.3 Å². The van der Waals surface area contributed by atoms with Gasteiger partial charge in [-0.15, -0.1) is 0 Å². The highest BCUT2D eigenvalue weighted by atomic mass is 35.5. The number of ketones is 1. The molecule has 1 fully saturated rings. The molecule has 0 saturated carbocycles. The van der Waals surface area contributed by atoms with Crippen LogP contribution in [0.2, 0.25) is 10.0 Å². The number of hydrogen-bond acceptors (Lipinski definition) is 5. The van der Waals surface area contributed by atoms with E-state index in [-0.39, 0.29) is 22.0 Å². The molecule has 2 aromatic carbocycles. The number of hydrogen-bond donors (Lipinski definition) is 1. The molecular weight excluding hydrogens is 412 g/mol. The summed E-state index contributed by atoms with van der Waals surface area (Å²) in [5, 5.41) is 1.31. The van der Waals surface area contributed by atoms with E-state index >= 15 is 0 Å². The largest absolute Gasteiger partial charge is 0.494 e. The number of rotatable bonds is 3. The Bertz CT molecular complexity index is 1120. The minimum atomic E-state index is -0.541. The van der Waals surface area contributed by atoms with Gasteiger partial charge in [-0.25, -0.2) is 0 Å². The lowest BCUT2D eigenvalue weighted by Gasteiger charge is -2.32. The summed E-state index contributed by atoms with van der Waals surface area (Å²) < 4.78 is 18.0. The SMILES string of the molecule is CC1(C)OB(c2ccc3c(N)c(C(=O)c4ccc(Cl)cc4Cl)oc3c2)OC1(C)C. The van der Waals surface area contributed by atoms with Gasteiger partial charge in [-0.3, -0.25) is 4.79 Å². The number of nitrogens with two attached hydrogens (primary N) is 1. The minimum absolute atomic E-state index is 0.0373. The van der Waals surface area contributed by atoms with Crippen LogP contribution in [0.15, 0.2) is 40.8 Å². The molecule has 0 amide bonds. The fraction of sp³-hybridized carbons (Fsp3) is 0.286. The second-order valence-electron chi connectivity index (χ2n) is 8.14. The van der Waals surface area contributed by atoms with Gasteiger partial charge in [0.1, 0.15) is 5.58 Å². The molecule has 0 unspecified atom stereocenters. The van der Waals surface area contributed by atoms with Crippen LogP contribution in [0.1, 0.15) is 43.8 Å². The summed E-state index contributed by atoms with van der Waals surface area (Å²) in [5.41, 5.74) is 7.08. The smallest absolute Gasteiger partial charge is 0.450 e. The molecule has 0 bridgehead atoms. The molecule has 0 aliphatic carbocycles. The molecule has 5 nitrogen and oxygen atoms in total. The van der Waals surface area contributed by atoms with Crippen molar-refractivity contribution in [1.82, 2.24) is 0 Å². The molecule has 2 N–H and O–H groups in total. The van der Waals surface area contributed by atoms with Gasteiger partial charge in [0.2, 0.25) is 5.78 Å². The van der Waals surface area contributed by atoms with Crippen LogP contribution in [0.3, 0.4) is 0 Å². The van der Waals surface area contributed by atoms with E-state index in [1.807, 2.05) is 33.8 Å². The first-order valence-electron chi connectivity index (χ1n) is 9.17. The zero-order valence-electron chi connectivity index (χ0n) is 16.5. The number of halogens is 2. The standard InChI is InChI=1S/C21H20BCl2NO4/c1-20(2)21(3,4)29-22(28-20)11-5-7-14-16(9-11)27-19(17(14)25)18(26)13-8-6-12(23)10-15(13)24/h5-10H,25H2,1-4H3. The van der Waals surface area contributed by atoms with Crippen LogP contribution in [0.4, 0.5) is 5.69 Å². The van der Waals surface area contributed by atoms with Crippen LogP contribution in [0.25, 0.3) is 11.0 Å². The molecule has 3 aromatic rings. The number of benzene rings is 2. The Labute approximate surface area is 179 Å². The molecular formula is C21H20BCl2NO4. The molecule has 29 heavy (non-hydrogen) atoms. The first-order valence-corrected chi connectivity index (χ1v) is 9.93. The van der Waals surface area contributed by atoms with Gasteiger partial charge in [0.25, 0.3) is 0 Å². The van der Waals surface area contributed by atoms with E-state index in [4.69, 9.17) is 42.7 Å². The Morgan fingerprint density at radius 2 is 1.66 bits per heavy atom. The molecule has 1 saturated heterocycles. The van der Waals surface area contributed by atoms with E-state index in [0.29, 0.717) is 16.0 Å². The van der Waals surface area contributed by atoms with Crippen molar-refractivity contribution < 1.29 is 18.5 Å². The highest BCUT2D eigenvalue weighted by Crippen LogP contribution is 2.37. The van der Waals surface area contributed by atoms with E-state index in [1.165, 1.54) is 6.07 Å². The second-order valence-corrected chi connectivity index (χ2v) is 8.99. The predicted molar refractivity (Wildman–Crippen MR) is 116 cm³/mol. The van der Waals surface area contributed by atoms with Crippen molar-refractivity contribution in [3.05, 3.63) is 57.8 Å². The fourth-order valence-corrected chi connectivity index (χ4v) is 3.72. The maximum atomic E-state index is 12.9. The van der Waals surface area contributed by atoms with Crippen molar-refractivity contribution in [3.63, 3.8) is 0 Å². The van der Waals surface area contributed by atoms with Crippen LogP contribution in [-0.4, -0.2) is 24.1 Å². The zero-order chi connectivity index (χ0) is 21.1. The molecule has 4 rings (SSSR count). The van der Waals surface area contributed by atoms with Crippen molar-refractivity contribution in [2.24, 2.45) is 0 Å². The second kappa shape index (κ2) is 6.78. The van der Waals surface area contributed by atoms with Crippen molar-refractivity contribution in [1.29, 1.82) is 0 Å². The molecule has 0 atom stereocenters.